The second kappa shape index (κ2) is 4.91. The Hall–Kier alpha value is 1.15. The van der Waals surface area contributed by atoms with E-state index in [1.165, 1.54) is 0 Å². The summed E-state index contributed by atoms with van der Waals surface area (Å²) >= 11 is 15.3. The average Bonchev–Trinajstić information content (AvgIpc) is 1.80. The molecule has 0 aliphatic carbocycles. The summed E-state index contributed by atoms with van der Waals surface area (Å²) in [5.41, 5.74) is 0. The van der Waals surface area contributed by atoms with Gasteiger partial charge in [-0.3, -0.25) is 0 Å². The molecule has 0 bridgehead atoms. The van der Waals surface area contributed by atoms with Crippen LogP contribution in [-0.4, -0.2) is 29.6 Å². The summed E-state index contributed by atoms with van der Waals surface area (Å²) in [6, 6.07) is 5.14. The van der Waals surface area contributed by atoms with E-state index >= 15 is 0 Å². The first-order valence-corrected chi connectivity index (χ1v) is 3.54. The van der Waals surface area contributed by atoms with Crippen molar-refractivity contribution in [2.45, 2.75) is 4.90 Å². The Balaban J connectivity index is 0.000000810. The van der Waals surface area contributed by atoms with Gasteiger partial charge in [0.05, 0.1) is 5.02 Å². The molecule has 0 amide bonds. The van der Waals surface area contributed by atoms with Crippen molar-refractivity contribution in [1.82, 2.24) is 0 Å². The molecule has 0 aromatic heterocycles. The normalized spacial score (nSPS) is 8.70. The van der Waals surface area contributed by atoms with E-state index in [1.807, 2.05) is 0 Å². The molecule has 1 aromatic carbocycles. The van der Waals surface area contributed by atoms with Crippen LogP contribution in [0.1, 0.15) is 0 Å². The van der Waals surface area contributed by atoms with Crippen molar-refractivity contribution >= 4 is 65.4 Å². The van der Waals surface area contributed by atoms with Crippen molar-refractivity contribution in [2.75, 3.05) is 0 Å². The Morgan fingerprint density at radius 3 is 2.20 bits per heavy atom. The van der Waals surface area contributed by atoms with Crippen LogP contribution >= 0.6 is 35.8 Å². The van der Waals surface area contributed by atoms with Gasteiger partial charge in [0.1, 0.15) is 0 Å². The van der Waals surface area contributed by atoms with Gasteiger partial charge in [-0.1, -0.05) is 23.2 Å². The first kappa shape index (κ1) is 11.2. The maximum atomic E-state index is 5.65. The van der Waals surface area contributed by atoms with Gasteiger partial charge >= 0.3 is 29.6 Å². The van der Waals surface area contributed by atoms with Gasteiger partial charge in [0, 0.05) is 9.92 Å². The number of hydrogen-bond acceptors (Lipinski definition) is 1. The molecule has 0 aliphatic rings. The molecule has 0 aliphatic heterocycles. The first-order valence-electron chi connectivity index (χ1n) is 2.34. The Bertz CT molecular complexity index is 227. The topological polar surface area (TPSA) is 0 Å². The van der Waals surface area contributed by atoms with Crippen LogP contribution in [0.25, 0.3) is 0 Å². The zero-order chi connectivity index (χ0) is 6.85. The molecule has 0 nitrogen and oxygen atoms in total. The van der Waals surface area contributed by atoms with Crippen LogP contribution in [0, 0.1) is 0 Å². The molecule has 10 heavy (non-hydrogen) atoms. The van der Waals surface area contributed by atoms with Crippen LogP contribution in [0.3, 0.4) is 0 Å². The average molecular weight is 203 g/mol. The number of thiol groups is 1. The minimum atomic E-state index is 0. The van der Waals surface area contributed by atoms with E-state index in [9.17, 15) is 0 Å². The van der Waals surface area contributed by atoms with Gasteiger partial charge < -0.3 is 0 Å². The molecule has 0 fully saturated rings. The van der Waals surface area contributed by atoms with Crippen molar-refractivity contribution < 1.29 is 0 Å². The minimum absolute atomic E-state index is 0. The number of rotatable bonds is 0. The molecule has 50 valence electrons. The molecular formula is C6H5Cl2NaS. The fourth-order valence-electron chi connectivity index (χ4n) is 0.486. The number of benzene rings is 1. The Morgan fingerprint density at radius 2 is 1.80 bits per heavy atom. The van der Waals surface area contributed by atoms with Crippen LogP contribution in [-0.2, 0) is 0 Å². The van der Waals surface area contributed by atoms with Crippen LogP contribution in [0.5, 0.6) is 0 Å². The summed E-state index contributed by atoms with van der Waals surface area (Å²) in [6.07, 6.45) is 0. The quantitative estimate of drug-likeness (QED) is 0.486. The predicted molar refractivity (Wildman–Crippen MR) is 50.9 cm³/mol. The Kier molecular flexibility index (Phi) is 5.48. The standard InChI is InChI=1S/C6H4Cl2S.Na.H/c7-4-1-2-5(8)6(9)3-4;;/h1-3,9H;;. The summed E-state index contributed by atoms with van der Waals surface area (Å²) < 4.78 is 0. The van der Waals surface area contributed by atoms with Crippen LogP contribution < -0.4 is 0 Å². The third-order valence-corrected chi connectivity index (χ3v) is 1.97. The van der Waals surface area contributed by atoms with Crippen LogP contribution in [0.15, 0.2) is 23.1 Å². The van der Waals surface area contributed by atoms with Gasteiger partial charge in [0.25, 0.3) is 0 Å². The fraction of sp³-hybridized carbons (Fsp3) is 0. The van der Waals surface area contributed by atoms with Crippen molar-refractivity contribution in [1.29, 1.82) is 0 Å². The molecule has 0 heterocycles. The molecule has 0 saturated carbocycles. The number of hydrogen-bond donors (Lipinski definition) is 1. The molecule has 4 heteroatoms. The third kappa shape index (κ3) is 3.04. The van der Waals surface area contributed by atoms with E-state index in [0.717, 1.165) is 0 Å². The third-order valence-electron chi connectivity index (χ3n) is 0.908. The molecule has 1 aromatic rings. The van der Waals surface area contributed by atoms with Gasteiger partial charge in [0.2, 0.25) is 0 Å². The van der Waals surface area contributed by atoms with E-state index in [0.29, 0.717) is 14.9 Å². The molecule has 0 unspecified atom stereocenters. The van der Waals surface area contributed by atoms with Gasteiger partial charge in [-0.05, 0) is 18.2 Å². The summed E-state index contributed by atoms with van der Waals surface area (Å²) in [5, 5.41) is 1.28. The molecular weight excluding hydrogens is 198 g/mol. The second-order valence-corrected chi connectivity index (χ2v) is 2.92. The zero-order valence-electron chi connectivity index (χ0n) is 4.44. The SMILES string of the molecule is Sc1cc(Cl)ccc1Cl.[NaH]. The summed E-state index contributed by atoms with van der Waals surface area (Å²) in [5.74, 6) is 0. The van der Waals surface area contributed by atoms with Gasteiger partial charge in [-0.2, -0.15) is 0 Å². The van der Waals surface area contributed by atoms with E-state index in [-0.39, 0.29) is 29.6 Å². The monoisotopic (exact) mass is 202 g/mol. The van der Waals surface area contributed by atoms with E-state index in [2.05, 4.69) is 12.6 Å². The van der Waals surface area contributed by atoms with Crippen LogP contribution in [0.2, 0.25) is 10.0 Å². The van der Waals surface area contributed by atoms with Crippen molar-refractivity contribution in [3.8, 4) is 0 Å². The molecule has 0 spiro atoms. The first-order chi connectivity index (χ1) is 4.20. The fourth-order valence-corrected chi connectivity index (χ4v) is 1.07. The summed E-state index contributed by atoms with van der Waals surface area (Å²) in [6.45, 7) is 0. The van der Waals surface area contributed by atoms with Gasteiger partial charge in [-0.15, -0.1) is 12.6 Å². The Morgan fingerprint density at radius 1 is 1.20 bits per heavy atom. The van der Waals surface area contributed by atoms with Crippen molar-refractivity contribution in [3.05, 3.63) is 28.2 Å². The zero-order valence-corrected chi connectivity index (χ0v) is 6.84. The molecule has 0 atom stereocenters. The number of halogens is 2. The molecule has 0 radical (unpaired) electrons. The van der Waals surface area contributed by atoms with E-state index < -0.39 is 0 Å². The maximum absolute atomic E-state index is 5.65. The van der Waals surface area contributed by atoms with E-state index in [1.54, 1.807) is 18.2 Å². The van der Waals surface area contributed by atoms with Crippen molar-refractivity contribution in [2.24, 2.45) is 0 Å². The molecule has 0 N–H and O–H groups in total. The van der Waals surface area contributed by atoms with Gasteiger partial charge in [0.15, 0.2) is 0 Å². The molecule has 0 saturated heterocycles. The predicted octanol–water partition coefficient (Wildman–Crippen LogP) is 2.63. The van der Waals surface area contributed by atoms with E-state index in [4.69, 9.17) is 23.2 Å². The summed E-state index contributed by atoms with van der Waals surface area (Å²) in [7, 11) is 0. The Labute approximate surface area is 97.6 Å². The second-order valence-electron chi connectivity index (χ2n) is 1.60. The van der Waals surface area contributed by atoms with Crippen molar-refractivity contribution in [3.63, 3.8) is 0 Å². The van der Waals surface area contributed by atoms with Gasteiger partial charge in [-0.25, -0.2) is 0 Å². The summed E-state index contributed by atoms with van der Waals surface area (Å²) in [4.78, 5) is 0.712. The molecule has 1 rings (SSSR count). The van der Waals surface area contributed by atoms with Crippen LogP contribution in [0.4, 0.5) is 0 Å².